The molecule has 0 saturated carbocycles. The van der Waals surface area contributed by atoms with E-state index in [9.17, 15) is 0 Å². The number of aliphatic imine (C=N–C) groups is 1. The molecule has 0 aliphatic carbocycles. The summed E-state index contributed by atoms with van der Waals surface area (Å²) in [5.41, 5.74) is 1.09. The van der Waals surface area contributed by atoms with E-state index in [4.69, 9.17) is 0 Å². The first-order chi connectivity index (χ1) is 5.70. The molecule has 0 bridgehead atoms. The van der Waals surface area contributed by atoms with Crippen molar-refractivity contribution in [2.24, 2.45) is 4.99 Å². The average Bonchev–Trinajstić information content (AvgIpc) is 2.03. The van der Waals surface area contributed by atoms with Crippen LogP contribution in [-0.2, 0) is 0 Å². The lowest BCUT2D eigenvalue weighted by Gasteiger charge is -2.02. The molecule has 3 nitrogen and oxygen atoms in total. The van der Waals surface area contributed by atoms with Gasteiger partial charge in [0.05, 0.1) is 6.34 Å². The van der Waals surface area contributed by atoms with E-state index in [0.29, 0.717) is 0 Å². The molecular weight excluding hydrogens is 186 g/mol. The summed E-state index contributed by atoms with van der Waals surface area (Å²) in [5.74, 6) is 0.784. The Morgan fingerprint density at radius 3 is 2.69 bits per heavy atom. The average molecular weight is 200 g/mol. The van der Waals surface area contributed by atoms with Crippen molar-refractivity contribution in [3.05, 3.63) is 23.9 Å². The number of aryl methyl sites for hydroxylation is 1. The normalized spacial score (nSPS) is 9.77. The summed E-state index contributed by atoms with van der Waals surface area (Å²) in [5, 5.41) is 0. The lowest BCUT2D eigenvalue weighted by molar-refractivity contribution is 0.643. The molecule has 13 heavy (non-hydrogen) atoms. The zero-order valence-corrected chi connectivity index (χ0v) is 8.88. The first-order valence-electron chi connectivity index (χ1n) is 3.82. The molecule has 72 valence electrons. The Bertz CT molecular complexity index is 284. The highest BCUT2D eigenvalue weighted by Crippen LogP contribution is 2.11. The molecule has 0 atom stereocenters. The van der Waals surface area contributed by atoms with Crippen molar-refractivity contribution in [3.63, 3.8) is 0 Å². The molecule has 4 heteroatoms. The third-order valence-electron chi connectivity index (χ3n) is 1.39. The summed E-state index contributed by atoms with van der Waals surface area (Å²) in [4.78, 5) is 10.2. The first-order valence-corrected chi connectivity index (χ1v) is 3.82. The maximum atomic E-state index is 4.20. The fourth-order valence-corrected chi connectivity index (χ4v) is 0.783. The van der Waals surface area contributed by atoms with Gasteiger partial charge >= 0.3 is 0 Å². The van der Waals surface area contributed by atoms with Crippen LogP contribution in [0.1, 0.15) is 5.56 Å². The Balaban J connectivity index is 0.00000144. The lowest BCUT2D eigenvalue weighted by atomic mass is 10.3. The van der Waals surface area contributed by atoms with Crippen LogP contribution >= 0.6 is 12.4 Å². The number of hydrogen-bond acceptors (Lipinski definition) is 2. The maximum absolute atomic E-state index is 4.20. The van der Waals surface area contributed by atoms with Crippen molar-refractivity contribution in [1.29, 1.82) is 0 Å². The molecule has 0 N–H and O–H groups in total. The Kier molecular flexibility index (Phi) is 5.07. The topological polar surface area (TPSA) is 28.5 Å². The Morgan fingerprint density at radius 2 is 2.15 bits per heavy atom. The first kappa shape index (κ1) is 11.9. The minimum absolute atomic E-state index is 0. The fraction of sp³-hybridized carbons (Fsp3) is 0.333. The van der Waals surface area contributed by atoms with E-state index in [-0.39, 0.29) is 12.4 Å². The number of hydrogen-bond donors (Lipinski definition) is 0. The van der Waals surface area contributed by atoms with Crippen molar-refractivity contribution >= 4 is 24.6 Å². The van der Waals surface area contributed by atoms with Gasteiger partial charge in [-0.2, -0.15) is 0 Å². The van der Waals surface area contributed by atoms with Gasteiger partial charge in [0.2, 0.25) is 0 Å². The molecule has 0 saturated heterocycles. The lowest BCUT2D eigenvalue weighted by Crippen LogP contribution is -2.07. The van der Waals surface area contributed by atoms with Gasteiger partial charge in [0, 0.05) is 20.3 Å². The number of nitrogens with zero attached hydrogens (tertiary/aromatic N) is 3. The number of rotatable bonds is 2. The van der Waals surface area contributed by atoms with Crippen molar-refractivity contribution < 1.29 is 0 Å². The standard InChI is InChI=1S/C9H13N3.ClH/c1-8-5-4-6-10-9(8)11-7-12(2)3;/h4-7H,1-3H3;1H. The molecule has 0 unspecified atom stereocenters. The van der Waals surface area contributed by atoms with Crippen molar-refractivity contribution in [2.75, 3.05) is 14.1 Å². The molecule has 1 heterocycles. The summed E-state index contributed by atoms with van der Waals surface area (Å²) in [7, 11) is 3.86. The fourth-order valence-electron chi connectivity index (χ4n) is 0.783. The minimum Gasteiger partial charge on any atom is -0.369 e. The van der Waals surface area contributed by atoms with Gasteiger partial charge < -0.3 is 4.90 Å². The van der Waals surface area contributed by atoms with Crippen molar-refractivity contribution in [3.8, 4) is 0 Å². The summed E-state index contributed by atoms with van der Waals surface area (Å²) < 4.78 is 0. The molecule has 0 aliphatic rings. The van der Waals surface area contributed by atoms with Crippen LogP contribution in [0.2, 0.25) is 0 Å². The van der Waals surface area contributed by atoms with E-state index < -0.39 is 0 Å². The van der Waals surface area contributed by atoms with Crippen LogP contribution in [0.25, 0.3) is 0 Å². The highest BCUT2D eigenvalue weighted by molar-refractivity contribution is 5.85. The summed E-state index contributed by atoms with van der Waals surface area (Å²) in [6.07, 6.45) is 3.49. The Morgan fingerprint density at radius 1 is 1.46 bits per heavy atom. The third-order valence-corrected chi connectivity index (χ3v) is 1.39. The van der Waals surface area contributed by atoms with Gasteiger partial charge in [0.25, 0.3) is 0 Å². The zero-order valence-electron chi connectivity index (χ0n) is 8.06. The van der Waals surface area contributed by atoms with Gasteiger partial charge in [-0.15, -0.1) is 12.4 Å². The molecule has 0 aliphatic heterocycles. The third kappa shape index (κ3) is 3.90. The van der Waals surface area contributed by atoms with Crippen LogP contribution in [-0.4, -0.2) is 30.3 Å². The van der Waals surface area contributed by atoms with Crippen molar-refractivity contribution in [1.82, 2.24) is 9.88 Å². The predicted molar refractivity (Wildman–Crippen MR) is 58.1 cm³/mol. The molecule has 0 spiro atoms. The van der Waals surface area contributed by atoms with Gasteiger partial charge in [-0.25, -0.2) is 9.98 Å². The molecule has 1 aromatic heterocycles. The highest BCUT2D eigenvalue weighted by atomic mass is 35.5. The van der Waals surface area contributed by atoms with Gasteiger partial charge in [-0.1, -0.05) is 6.07 Å². The molecule has 0 amide bonds. The molecule has 0 radical (unpaired) electrons. The van der Waals surface area contributed by atoms with E-state index in [1.54, 1.807) is 12.5 Å². The maximum Gasteiger partial charge on any atom is 0.156 e. The zero-order chi connectivity index (χ0) is 8.97. The van der Waals surface area contributed by atoms with E-state index in [0.717, 1.165) is 11.4 Å². The predicted octanol–water partition coefficient (Wildman–Crippen LogP) is 2.03. The van der Waals surface area contributed by atoms with Crippen LogP contribution in [0.15, 0.2) is 23.3 Å². The molecule has 1 aromatic rings. The largest absolute Gasteiger partial charge is 0.369 e. The molecular formula is C9H14ClN3. The number of aromatic nitrogens is 1. The van der Waals surface area contributed by atoms with Crippen LogP contribution in [0, 0.1) is 6.92 Å². The smallest absolute Gasteiger partial charge is 0.156 e. The second-order valence-electron chi connectivity index (χ2n) is 2.85. The SMILES string of the molecule is Cc1cccnc1N=CN(C)C.Cl. The van der Waals surface area contributed by atoms with Gasteiger partial charge in [0.1, 0.15) is 0 Å². The van der Waals surface area contributed by atoms with Crippen LogP contribution in [0.3, 0.4) is 0 Å². The van der Waals surface area contributed by atoms with Gasteiger partial charge in [-0.05, 0) is 18.6 Å². The van der Waals surface area contributed by atoms with Crippen LogP contribution < -0.4 is 0 Å². The van der Waals surface area contributed by atoms with Crippen LogP contribution in [0.5, 0.6) is 0 Å². The van der Waals surface area contributed by atoms with Crippen LogP contribution in [0.4, 0.5) is 5.82 Å². The van der Waals surface area contributed by atoms with Gasteiger partial charge in [0.15, 0.2) is 5.82 Å². The Labute approximate surface area is 84.9 Å². The second-order valence-corrected chi connectivity index (χ2v) is 2.85. The second kappa shape index (κ2) is 5.54. The van der Waals surface area contributed by atoms with E-state index in [1.807, 2.05) is 38.1 Å². The highest BCUT2D eigenvalue weighted by Gasteiger charge is 1.92. The Hall–Kier alpha value is -1.09. The van der Waals surface area contributed by atoms with E-state index >= 15 is 0 Å². The number of pyridine rings is 1. The minimum atomic E-state index is 0. The quantitative estimate of drug-likeness (QED) is 0.539. The molecule has 0 fully saturated rings. The number of halogens is 1. The monoisotopic (exact) mass is 199 g/mol. The summed E-state index contributed by atoms with van der Waals surface area (Å²) >= 11 is 0. The molecule has 1 rings (SSSR count). The van der Waals surface area contributed by atoms with E-state index in [2.05, 4.69) is 9.98 Å². The molecule has 0 aromatic carbocycles. The van der Waals surface area contributed by atoms with E-state index in [1.165, 1.54) is 0 Å². The van der Waals surface area contributed by atoms with Crippen molar-refractivity contribution in [2.45, 2.75) is 6.92 Å². The summed E-state index contributed by atoms with van der Waals surface area (Å²) in [6.45, 7) is 2.00. The summed E-state index contributed by atoms with van der Waals surface area (Å²) in [6, 6.07) is 3.90. The van der Waals surface area contributed by atoms with Gasteiger partial charge in [-0.3, -0.25) is 0 Å².